The minimum absolute atomic E-state index is 0.0403. The lowest BCUT2D eigenvalue weighted by atomic mass is 9.98. The van der Waals surface area contributed by atoms with Gasteiger partial charge in [0.2, 0.25) is 11.8 Å². The number of carbonyl (C=O) groups excluding carboxylic acids is 2. The Morgan fingerprint density at radius 1 is 1.15 bits per heavy atom. The lowest BCUT2D eigenvalue weighted by Crippen LogP contribution is -2.34. The monoisotopic (exact) mass is 453 g/mol. The van der Waals surface area contributed by atoms with Gasteiger partial charge in [0.25, 0.3) is 5.69 Å². The Bertz CT molecular complexity index is 1030. The zero-order valence-corrected chi connectivity index (χ0v) is 18.5. The molecule has 2 aromatic carbocycles. The predicted molar refractivity (Wildman–Crippen MR) is 122 cm³/mol. The number of ether oxygens (including phenoxy) is 2. The maximum atomic E-state index is 12.6. The highest BCUT2D eigenvalue weighted by Crippen LogP contribution is 2.37. The molecule has 4 rings (SSSR count). The van der Waals surface area contributed by atoms with E-state index in [1.54, 1.807) is 7.11 Å². The average Bonchev–Trinajstić information content (AvgIpc) is 3.44. The van der Waals surface area contributed by atoms with Crippen molar-refractivity contribution in [2.75, 3.05) is 25.5 Å². The van der Waals surface area contributed by atoms with Crippen molar-refractivity contribution in [1.29, 1.82) is 0 Å². The molecular formula is C24H27N3O6. The molecule has 0 radical (unpaired) electrons. The van der Waals surface area contributed by atoms with Crippen LogP contribution >= 0.6 is 0 Å². The molecule has 0 spiro atoms. The molecular weight excluding hydrogens is 426 g/mol. The Morgan fingerprint density at radius 3 is 2.55 bits per heavy atom. The van der Waals surface area contributed by atoms with Crippen LogP contribution in [0.5, 0.6) is 11.5 Å². The first-order chi connectivity index (χ1) is 15.9. The smallest absolute Gasteiger partial charge is 0.269 e. The molecule has 1 atom stereocenters. The number of benzene rings is 2. The van der Waals surface area contributed by atoms with Crippen LogP contribution in [-0.2, 0) is 9.59 Å². The molecule has 9 heteroatoms. The van der Waals surface area contributed by atoms with Crippen molar-refractivity contribution in [1.82, 2.24) is 4.90 Å². The van der Waals surface area contributed by atoms with E-state index in [9.17, 15) is 19.7 Å². The summed E-state index contributed by atoms with van der Waals surface area (Å²) < 4.78 is 11.6. The highest BCUT2D eigenvalue weighted by Gasteiger charge is 2.32. The Balaban J connectivity index is 1.38. The molecule has 9 nitrogen and oxygen atoms in total. The normalized spacial score (nSPS) is 18.4. The third-order valence-electron chi connectivity index (χ3n) is 6.17. The predicted octanol–water partition coefficient (Wildman–Crippen LogP) is 3.88. The standard InChI is InChI=1S/C24H27N3O6/c1-32-21-11-6-16(12-22(21)33-20-4-2-3-5-20)17-13-24(29)26(14-17)15-23(28)25-18-7-9-19(10-8-18)27(30)31/h6-12,17,20H,2-5,13-15H2,1H3,(H,25,28). The number of likely N-dealkylation sites (tertiary alicyclic amines) is 1. The minimum atomic E-state index is -0.502. The van der Waals surface area contributed by atoms with Gasteiger partial charge in [0.15, 0.2) is 11.5 Å². The van der Waals surface area contributed by atoms with Crippen LogP contribution in [0.2, 0.25) is 0 Å². The summed E-state index contributed by atoms with van der Waals surface area (Å²) in [5.41, 5.74) is 1.37. The summed E-state index contributed by atoms with van der Waals surface area (Å²) in [7, 11) is 1.61. The molecule has 0 bridgehead atoms. The second-order valence-electron chi connectivity index (χ2n) is 8.46. The Labute approximate surface area is 191 Å². The Kier molecular flexibility index (Phi) is 6.76. The molecule has 33 heavy (non-hydrogen) atoms. The van der Waals surface area contributed by atoms with Gasteiger partial charge in [0.1, 0.15) is 0 Å². The number of hydrogen-bond donors (Lipinski definition) is 1. The van der Waals surface area contributed by atoms with Gasteiger partial charge in [-0.05, 0) is 55.5 Å². The first-order valence-corrected chi connectivity index (χ1v) is 11.1. The maximum Gasteiger partial charge on any atom is 0.269 e. The van der Waals surface area contributed by atoms with E-state index in [1.165, 1.54) is 42.0 Å². The van der Waals surface area contributed by atoms with Crippen LogP contribution in [0.3, 0.4) is 0 Å². The summed E-state index contributed by atoms with van der Waals surface area (Å²) in [6.07, 6.45) is 4.92. The topological polar surface area (TPSA) is 111 Å². The van der Waals surface area contributed by atoms with Crippen LogP contribution in [0.1, 0.15) is 43.6 Å². The molecule has 2 aliphatic rings. The lowest BCUT2D eigenvalue weighted by Gasteiger charge is -2.19. The average molecular weight is 453 g/mol. The van der Waals surface area contributed by atoms with E-state index in [1.807, 2.05) is 18.2 Å². The van der Waals surface area contributed by atoms with Crippen molar-refractivity contribution < 1.29 is 24.0 Å². The number of rotatable bonds is 8. The molecule has 2 aromatic rings. The zero-order valence-electron chi connectivity index (χ0n) is 18.5. The highest BCUT2D eigenvalue weighted by molar-refractivity contribution is 5.95. The van der Waals surface area contributed by atoms with Crippen molar-refractivity contribution in [3.8, 4) is 11.5 Å². The summed E-state index contributed by atoms with van der Waals surface area (Å²) in [6, 6.07) is 11.3. The molecule has 1 unspecified atom stereocenters. The summed E-state index contributed by atoms with van der Waals surface area (Å²) in [4.78, 5) is 36.8. The second-order valence-corrected chi connectivity index (χ2v) is 8.46. The van der Waals surface area contributed by atoms with Crippen LogP contribution in [0, 0.1) is 10.1 Å². The SMILES string of the molecule is COc1ccc(C2CC(=O)N(CC(=O)Nc3ccc([N+](=O)[O-])cc3)C2)cc1OC1CCCC1. The van der Waals surface area contributed by atoms with Crippen LogP contribution < -0.4 is 14.8 Å². The number of nitrogens with one attached hydrogen (secondary N) is 1. The summed E-state index contributed by atoms with van der Waals surface area (Å²) in [5, 5.41) is 13.4. The number of amides is 2. The van der Waals surface area contributed by atoms with Crippen molar-refractivity contribution in [2.24, 2.45) is 0 Å². The molecule has 2 amide bonds. The number of nitro groups is 1. The second kappa shape index (κ2) is 9.89. The fourth-order valence-electron chi connectivity index (χ4n) is 4.41. The quantitative estimate of drug-likeness (QED) is 0.480. The number of carbonyl (C=O) groups is 2. The van der Waals surface area contributed by atoms with Gasteiger partial charge in [-0.1, -0.05) is 6.07 Å². The molecule has 1 saturated carbocycles. The molecule has 1 aliphatic heterocycles. The number of anilines is 1. The van der Waals surface area contributed by atoms with Gasteiger partial charge in [-0.2, -0.15) is 0 Å². The Hall–Kier alpha value is -3.62. The number of non-ortho nitro benzene ring substituents is 1. The lowest BCUT2D eigenvalue weighted by molar-refractivity contribution is -0.384. The fraction of sp³-hybridized carbons (Fsp3) is 0.417. The molecule has 1 N–H and O–H groups in total. The first kappa shape index (κ1) is 22.6. The van der Waals surface area contributed by atoms with Gasteiger partial charge in [0.05, 0.1) is 24.7 Å². The molecule has 174 valence electrons. The van der Waals surface area contributed by atoms with Crippen molar-refractivity contribution in [3.05, 3.63) is 58.1 Å². The molecule has 1 saturated heterocycles. The van der Waals surface area contributed by atoms with E-state index in [0.29, 0.717) is 30.2 Å². The van der Waals surface area contributed by atoms with Gasteiger partial charge >= 0.3 is 0 Å². The van der Waals surface area contributed by atoms with Crippen molar-refractivity contribution in [3.63, 3.8) is 0 Å². The third-order valence-corrected chi connectivity index (χ3v) is 6.17. The fourth-order valence-corrected chi connectivity index (χ4v) is 4.41. The van der Waals surface area contributed by atoms with Crippen molar-refractivity contribution >= 4 is 23.2 Å². The van der Waals surface area contributed by atoms with E-state index >= 15 is 0 Å². The number of methoxy groups -OCH3 is 1. The molecule has 1 aliphatic carbocycles. The molecule has 1 heterocycles. The van der Waals surface area contributed by atoms with E-state index in [0.717, 1.165) is 18.4 Å². The highest BCUT2D eigenvalue weighted by atomic mass is 16.6. The largest absolute Gasteiger partial charge is 0.493 e. The first-order valence-electron chi connectivity index (χ1n) is 11.1. The van der Waals surface area contributed by atoms with E-state index < -0.39 is 4.92 Å². The van der Waals surface area contributed by atoms with Gasteiger partial charge in [-0.25, -0.2) is 0 Å². The van der Waals surface area contributed by atoms with Gasteiger partial charge in [0, 0.05) is 36.7 Å². The van der Waals surface area contributed by atoms with E-state index in [4.69, 9.17) is 9.47 Å². The number of nitrogens with zero attached hydrogens (tertiary/aromatic N) is 2. The maximum absolute atomic E-state index is 12.6. The van der Waals surface area contributed by atoms with Gasteiger partial charge in [-0.15, -0.1) is 0 Å². The van der Waals surface area contributed by atoms with Crippen LogP contribution in [0.25, 0.3) is 0 Å². The van der Waals surface area contributed by atoms with Crippen LogP contribution in [-0.4, -0.2) is 47.9 Å². The van der Waals surface area contributed by atoms with Crippen LogP contribution in [0.4, 0.5) is 11.4 Å². The zero-order chi connectivity index (χ0) is 23.4. The summed E-state index contributed by atoms with van der Waals surface area (Å²) >= 11 is 0. The van der Waals surface area contributed by atoms with Gasteiger partial charge in [-0.3, -0.25) is 19.7 Å². The van der Waals surface area contributed by atoms with E-state index in [2.05, 4.69) is 5.32 Å². The third kappa shape index (κ3) is 5.42. The molecule has 2 fully saturated rings. The Morgan fingerprint density at radius 2 is 1.88 bits per heavy atom. The van der Waals surface area contributed by atoms with Crippen LogP contribution in [0.15, 0.2) is 42.5 Å². The summed E-state index contributed by atoms with van der Waals surface area (Å²) in [6.45, 7) is 0.357. The summed E-state index contributed by atoms with van der Waals surface area (Å²) in [5.74, 6) is 0.894. The number of nitro benzene ring substituents is 1. The van der Waals surface area contributed by atoms with Gasteiger partial charge < -0.3 is 19.7 Å². The minimum Gasteiger partial charge on any atom is -0.493 e. The molecule has 0 aromatic heterocycles. The number of hydrogen-bond acceptors (Lipinski definition) is 6. The van der Waals surface area contributed by atoms with E-state index in [-0.39, 0.29) is 36.1 Å². The van der Waals surface area contributed by atoms with Crippen molar-refractivity contribution in [2.45, 2.75) is 44.1 Å².